The molecular weight excluding hydrogens is 188 g/mol. The van der Waals surface area contributed by atoms with Gasteiger partial charge in [0, 0.05) is 6.20 Å². The first kappa shape index (κ1) is 9.65. The summed E-state index contributed by atoms with van der Waals surface area (Å²) in [5.74, 6) is 0. The van der Waals surface area contributed by atoms with E-state index >= 15 is 0 Å². The van der Waals surface area contributed by atoms with Crippen LogP contribution in [0.5, 0.6) is 0 Å². The molecule has 0 radical (unpaired) electrons. The number of nitrogens with zero attached hydrogens (tertiary/aromatic N) is 2. The van der Waals surface area contributed by atoms with Crippen LogP contribution >= 0.6 is 0 Å². The molecule has 0 N–H and O–H groups in total. The number of hydrogen-bond donors (Lipinski definition) is 0. The molecule has 2 aromatic rings. The molecule has 0 atom stereocenters. The van der Waals surface area contributed by atoms with Crippen molar-refractivity contribution in [1.29, 1.82) is 0 Å². The second-order valence-electron chi connectivity index (χ2n) is 3.57. The highest BCUT2D eigenvalue weighted by atomic mass is 16.1. The maximum absolute atomic E-state index is 10.7. The van der Waals surface area contributed by atoms with E-state index in [0.717, 1.165) is 17.7 Å². The monoisotopic (exact) mass is 200 g/mol. The molecule has 3 nitrogen and oxygen atoms in total. The van der Waals surface area contributed by atoms with E-state index in [2.05, 4.69) is 5.10 Å². The lowest BCUT2D eigenvalue weighted by molar-refractivity contribution is 0.112. The minimum absolute atomic E-state index is 0.636. The highest BCUT2D eigenvalue weighted by Gasteiger charge is 2.04. The Morgan fingerprint density at radius 3 is 2.73 bits per heavy atom. The molecule has 0 spiro atoms. The number of hydrogen-bond acceptors (Lipinski definition) is 2. The first-order valence-electron chi connectivity index (χ1n) is 4.79. The third kappa shape index (κ3) is 1.81. The second kappa shape index (κ2) is 3.69. The van der Waals surface area contributed by atoms with Crippen molar-refractivity contribution in [3.63, 3.8) is 0 Å². The van der Waals surface area contributed by atoms with Gasteiger partial charge in [-0.3, -0.25) is 4.79 Å². The lowest BCUT2D eigenvalue weighted by Gasteiger charge is -2.01. The summed E-state index contributed by atoms with van der Waals surface area (Å²) in [6, 6.07) is 8.00. The third-order valence-electron chi connectivity index (χ3n) is 2.33. The van der Waals surface area contributed by atoms with Crippen molar-refractivity contribution in [3.8, 4) is 5.69 Å². The van der Waals surface area contributed by atoms with Gasteiger partial charge in [-0.25, -0.2) is 4.68 Å². The number of aromatic nitrogens is 2. The van der Waals surface area contributed by atoms with Crippen LogP contribution < -0.4 is 0 Å². The number of carbonyl (C=O) groups excluding carboxylic acids is 1. The first-order chi connectivity index (χ1) is 7.20. The second-order valence-corrected chi connectivity index (χ2v) is 3.57. The van der Waals surface area contributed by atoms with Crippen molar-refractivity contribution < 1.29 is 4.79 Å². The maximum atomic E-state index is 10.7. The van der Waals surface area contributed by atoms with Crippen LogP contribution in [0.15, 0.2) is 30.5 Å². The Morgan fingerprint density at radius 1 is 1.33 bits per heavy atom. The summed E-state index contributed by atoms with van der Waals surface area (Å²) >= 11 is 0. The molecule has 76 valence electrons. The zero-order valence-electron chi connectivity index (χ0n) is 8.77. The van der Waals surface area contributed by atoms with Gasteiger partial charge in [-0.1, -0.05) is 12.1 Å². The molecule has 1 aromatic carbocycles. The van der Waals surface area contributed by atoms with Gasteiger partial charge in [0.1, 0.15) is 0 Å². The van der Waals surface area contributed by atoms with Gasteiger partial charge >= 0.3 is 0 Å². The summed E-state index contributed by atoms with van der Waals surface area (Å²) < 4.78 is 1.73. The standard InChI is InChI=1S/C12H12N2O/c1-9-4-3-5-12(6-9)14-7-11(8-15)10(2)13-14/h3-8H,1-2H3. The van der Waals surface area contributed by atoms with E-state index in [0.29, 0.717) is 5.56 Å². The van der Waals surface area contributed by atoms with Crippen molar-refractivity contribution in [3.05, 3.63) is 47.3 Å². The zero-order valence-corrected chi connectivity index (χ0v) is 8.77. The van der Waals surface area contributed by atoms with Crippen LogP contribution in [0.2, 0.25) is 0 Å². The molecule has 0 saturated carbocycles. The molecule has 0 amide bonds. The Morgan fingerprint density at radius 2 is 2.13 bits per heavy atom. The van der Waals surface area contributed by atoms with Crippen LogP contribution in [0.25, 0.3) is 5.69 Å². The van der Waals surface area contributed by atoms with E-state index in [1.165, 1.54) is 5.56 Å². The largest absolute Gasteiger partial charge is 0.298 e. The SMILES string of the molecule is Cc1cccc(-n2cc(C=O)c(C)n2)c1. The van der Waals surface area contributed by atoms with E-state index in [9.17, 15) is 4.79 Å². The van der Waals surface area contributed by atoms with Gasteiger partial charge in [-0.15, -0.1) is 0 Å². The van der Waals surface area contributed by atoms with E-state index < -0.39 is 0 Å². The van der Waals surface area contributed by atoms with Gasteiger partial charge < -0.3 is 0 Å². The predicted octanol–water partition coefficient (Wildman–Crippen LogP) is 2.30. The molecule has 15 heavy (non-hydrogen) atoms. The summed E-state index contributed by atoms with van der Waals surface area (Å²) in [7, 11) is 0. The fourth-order valence-electron chi connectivity index (χ4n) is 1.49. The molecule has 0 saturated heterocycles. The third-order valence-corrected chi connectivity index (χ3v) is 2.33. The van der Waals surface area contributed by atoms with E-state index in [1.807, 2.05) is 38.1 Å². The number of aldehydes is 1. The molecule has 1 aromatic heterocycles. The number of benzene rings is 1. The molecule has 3 heteroatoms. The van der Waals surface area contributed by atoms with Crippen LogP contribution in [0, 0.1) is 13.8 Å². The van der Waals surface area contributed by atoms with Crippen molar-refractivity contribution in [2.75, 3.05) is 0 Å². The Labute approximate surface area is 88.4 Å². The van der Waals surface area contributed by atoms with Crippen molar-refractivity contribution in [2.45, 2.75) is 13.8 Å². The summed E-state index contributed by atoms with van der Waals surface area (Å²) in [5, 5.41) is 4.28. The van der Waals surface area contributed by atoms with Crippen LogP contribution in [0.4, 0.5) is 0 Å². The highest BCUT2D eigenvalue weighted by molar-refractivity contribution is 5.76. The van der Waals surface area contributed by atoms with E-state index in [-0.39, 0.29) is 0 Å². The Balaban J connectivity index is 2.49. The first-order valence-corrected chi connectivity index (χ1v) is 4.79. The molecular formula is C12H12N2O. The molecule has 0 unspecified atom stereocenters. The summed E-state index contributed by atoms with van der Waals surface area (Å²) in [6.07, 6.45) is 2.58. The predicted molar refractivity (Wildman–Crippen MR) is 58.4 cm³/mol. The molecule has 0 aliphatic carbocycles. The summed E-state index contributed by atoms with van der Waals surface area (Å²) in [4.78, 5) is 10.7. The average Bonchev–Trinajstić information content (AvgIpc) is 2.60. The molecule has 0 aliphatic rings. The Kier molecular flexibility index (Phi) is 2.37. The molecule has 2 rings (SSSR count). The Bertz CT molecular complexity index is 500. The van der Waals surface area contributed by atoms with Crippen molar-refractivity contribution in [1.82, 2.24) is 9.78 Å². The number of aryl methyl sites for hydroxylation is 2. The smallest absolute Gasteiger partial charge is 0.153 e. The van der Waals surface area contributed by atoms with Gasteiger partial charge in [0.15, 0.2) is 6.29 Å². The van der Waals surface area contributed by atoms with Gasteiger partial charge in [0.05, 0.1) is 16.9 Å². The molecule has 1 heterocycles. The van der Waals surface area contributed by atoms with Crippen molar-refractivity contribution >= 4 is 6.29 Å². The minimum atomic E-state index is 0.636. The summed E-state index contributed by atoms with van der Waals surface area (Å²) in [6.45, 7) is 3.86. The topological polar surface area (TPSA) is 34.9 Å². The van der Waals surface area contributed by atoms with Crippen LogP contribution in [0.3, 0.4) is 0 Å². The fraction of sp³-hybridized carbons (Fsp3) is 0.167. The highest BCUT2D eigenvalue weighted by Crippen LogP contribution is 2.11. The molecule has 0 aliphatic heterocycles. The summed E-state index contributed by atoms with van der Waals surface area (Å²) in [5.41, 5.74) is 3.54. The lowest BCUT2D eigenvalue weighted by atomic mass is 10.2. The fourth-order valence-corrected chi connectivity index (χ4v) is 1.49. The number of carbonyl (C=O) groups is 1. The van der Waals surface area contributed by atoms with Crippen LogP contribution in [-0.4, -0.2) is 16.1 Å². The number of rotatable bonds is 2. The lowest BCUT2D eigenvalue weighted by Crippen LogP contribution is -1.94. The van der Waals surface area contributed by atoms with Crippen LogP contribution in [-0.2, 0) is 0 Å². The van der Waals surface area contributed by atoms with Gasteiger partial charge in [-0.05, 0) is 31.5 Å². The molecule has 0 fully saturated rings. The van der Waals surface area contributed by atoms with E-state index in [1.54, 1.807) is 10.9 Å². The van der Waals surface area contributed by atoms with Gasteiger partial charge in [0.2, 0.25) is 0 Å². The minimum Gasteiger partial charge on any atom is -0.298 e. The van der Waals surface area contributed by atoms with Crippen molar-refractivity contribution in [2.24, 2.45) is 0 Å². The Hall–Kier alpha value is -1.90. The molecule has 0 bridgehead atoms. The van der Waals surface area contributed by atoms with E-state index in [4.69, 9.17) is 0 Å². The normalized spacial score (nSPS) is 10.3. The quantitative estimate of drug-likeness (QED) is 0.697. The average molecular weight is 200 g/mol. The zero-order chi connectivity index (χ0) is 10.8. The maximum Gasteiger partial charge on any atom is 0.153 e. The van der Waals surface area contributed by atoms with Gasteiger partial charge in [-0.2, -0.15) is 5.10 Å². The van der Waals surface area contributed by atoms with Crippen LogP contribution in [0.1, 0.15) is 21.6 Å². The van der Waals surface area contributed by atoms with Gasteiger partial charge in [0.25, 0.3) is 0 Å².